The van der Waals surface area contributed by atoms with Crippen LogP contribution in [0.2, 0.25) is 0 Å². The van der Waals surface area contributed by atoms with Gasteiger partial charge in [-0.3, -0.25) is 9.59 Å². The van der Waals surface area contributed by atoms with Crippen LogP contribution in [0.15, 0.2) is 18.2 Å². The zero-order chi connectivity index (χ0) is 15.4. The standard InChI is InChI=1S/C16H22N2O3/c1-4-9-18-13-10-12(14(19)7-8-17-3)5-6-15(13)21-11(2)16(18)20/h5-6,10-11,17H,4,7-9H2,1-3H3. The number of fused-ring (bicyclic) bond motifs is 1. The van der Waals surface area contributed by atoms with Crippen molar-refractivity contribution in [2.24, 2.45) is 0 Å². The maximum absolute atomic E-state index is 12.2. The zero-order valence-electron chi connectivity index (χ0n) is 12.8. The fraction of sp³-hybridized carbons (Fsp3) is 0.500. The summed E-state index contributed by atoms with van der Waals surface area (Å²) in [7, 11) is 1.82. The summed E-state index contributed by atoms with van der Waals surface area (Å²) in [6, 6.07) is 5.32. The molecule has 0 aliphatic carbocycles. The van der Waals surface area contributed by atoms with Crippen molar-refractivity contribution in [1.82, 2.24) is 5.32 Å². The van der Waals surface area contributed by atoms with E-state index in [1.165, 1.54) is 0 Å². The Morgan fingerprint density at radius 2 is 2.19 bits per heavy atom. The first-order chi connectivity index (χ1) is 10.1. The van der Waals surface area contributed by atoms with E-state index >= 15 is 0 Å². The molecule has 1 amide bonds. The fourth-order valence-electron chi connectivity index (χ4n) is 2.42. The molecule has 1 atom stereocenters. The third kappa shape index (κ3) is 3.24. The molecule has 1 aliphatic heterocycles. The lowest BCUT2D eigenvalue weighted by atomic mass is 10.0. The highest BCUT2D eigenvalue weighted by molar-refractivity contribution is 6.03. The van der Waals surface area contributed by atoms with Gasteiger partial charge in [-0.1, -0.05) is 6.92 Å². The Balaban J connectivity index is 2.32. The van der Waals surface area contributed by atoms with E-state index in [-0.39, 0.29) is 11.7 Å². The third-order valence-electron chi connectivity index (χ3n) is 3.54. The Kier molecular flexibility index (Phi) is 4.96. The smallest absolute Gasteiger partial charge is 0.267 e. The van der Waals surface area contributed by atoms with Crippen LogP contribution in [-0.2, 0) is 4.79 Å². The molecule has 0 saturated heterocycles. The van der Waals surface area contributed by atoms with Crippen molar-refractivity contribution in [1.29, 1.82) is 0 Å². The first-order valence-corrected chi connectivity index (χ1v) is 7.38. The average molecular weight is 290 g/mol. The van der Waals surface area contributed by atoms with Crippen molar-refractivity contribution < 1.29 is 14.3 Å². The number of hydrogen-bond acceptors (Lipinski definition) is 4. The maximum atomic E-state index is 12.2. The number of carbonyl (C=O) groups is 2. The van der Waals surface area contributed by atoms with E-state index in [1.807, 2.05) is 14.0 Å². The molecule has 5 nitrogen and oxygen atoms in total. The highest BCUT2D eigenvalue weighted by Gasteiger charge is 2.31. The Morgan fingerprint density at radius 1 is 1.43 bits per heavy atom. The number of nitrogens with one attached hydrogen (secondary N) is 1. The summed E-state index contributed by atoms with van der Waals surface area (Å²) in [5.41, 5.74) is 1.33. The van der Waals surface area contributed by atoms with Crippen molar-refractivity contribution in [3.63, 3.8) is 0 Å². The Labute approximate surface area is 125 Å². The molecular weight excluding hydrogens is 268 g/mol. The number of ketones is 1. The van der Waals surface area contributed by atoms with Crippen LogP contribution in [0.5, 0.6) is 5.75 Å². The lowest BCUT2D eigenvalue weighted by Crippen LogP contribution is -2.44. The molecule has 1 N–H and O–H groups in total. The number of hydrogen-bond donors (Lipinski definition) is 1. The first-order valence-electron chi connectivity index (χ1n) is 7.38. The normalized spacial score (nSPS) is 17.4. The molecule has 1 aromatic carbocycles. The fourth-order valence-corrected chi connectivity index (χ4v) is 2.42. The zero-order valence-corrected chi connectivity index (χ0v) is 12.8. The number of benzene rings is 1. The van der Waals surface area contributed by atoms with E-state index in [1.54, 1.807) is 30.0 Å². The second-order valence-corrected chi connectivity index (χ2v) is 5.21. The van der Waals surface area contributed by atoms with Crippen molar-refractivity contribution in [2.75, 3.05) is 25.0 Å². The number of rotatable bonds is 6. The Hall–Kier alpha value is -1.88. The van der Waals surface area contributed by atoms with Crippen molar-refractivity contribution in [3.05, 3.63) is 23.8 Å². The van der Waals surface area contributed by atoms with E-state index in [0.717, 1.165) is 6.42 Å². The molecule has 1 aliphatic rings. The minimum absolute atomic E-state index is 0.0517. The molecule has 114 valence electrons. The summed E-state index contributed by atoms with van der Waals surface area (Å²) < 4.78 is 5.62. The van der Waals surface area contributed by atoms with Crippen LogP contribution in [0.25, 0.3) is 0 Å². The first kappa shape index (κ1) is 15.5. The number of carbonyl (C=O) groups excluding carboxylic acids is 2. The van der Waals surface area contributed by atoms with Gasteiger partial charge in [-0.25, -0.2) is 0 Å². The lowest BCUT2D eigenvalue weighted by Gasteiger charge is -2.33. The van der Waals surface area contributed by atoms with Gasteiger partial charge in [-0.05, 0) is 38.6 Å². The SMILES string of the molecule is CCCN1C(=O)C(C)Oc2ccc(C(=O)CCNC)cc21. The number of ether oxygens (including phenoxy) is 1. The van der Waals surface area contributed by atoms with E-state index in [4.69, 9.17) is 4.74 Å². The van der Waals surface area contributed by atoms with Crippen LogP contribution < -0.4 is 15.0 Å². The molecule has 0 radical (unpaired) electrons. The molecule has 0 spiro atoms. The quantitative estimate of drug-likeness (QED) is 0.814. The number of amides is 1. The van der Waals surface area contributed by atoms with Crippen LogP contribution in [0.4, 0.5) is 5.69 Å². The van der Waals surface area contributed by atoms with E-state index < -0.39 is 6.10 Å². The van der Waals surface area contributed by atoms with Crippen LogP contribution in [0.1, 0.15) is 37.0 Å². The highest BCUT2D eigenvalue weighted by Crippen LogP contribution is 2.35. The van der Waals surface area contributed by atoms with Gasteiger partial charge >= 0.3 is 0 Å². The molecule has 0 bridgehead atoms. The van der Waals surface area contributed by atoms with Crippen LogP contribution in [0.3, 0.4) is 0 Å². The summed E-state index contributed by atoms with van der Waals surface area (Å²) >= 11 is 0. The molecular formula is C16H22N2O3. The summed E-state index contributed by atoms with van der Waals surface area (Å²) in [6.07, 6.45) is 0.819. The third-order valence-corrected chi connectivity index (χ3v) is 3.54. The van der Waals surface area contributed by atoms with Crippen LogP contribution in [0, 0.1) is 0 Å². The second-order valence-electron chi connectivity index (χ2n) is 5.21. The molecule has 21 heavy (non-hydrogen) atoms. The number of nitrogens with zero attached hydrogens (tertiary/aromatic N) is 1. The van der Waals surface area contributed by atoms with Gasteiger partial charge in [-0.15, -0.1) is 0 Å². The molecule has 1 heterocycles. The molecule has 5 heteroatoms. The van der Waals surface area contributed by atoms with Gasteiger partial charge < -0.3 is 15.0 Å². The van der Waals surface area contributed by atoms with Gasteiger partial charge in [0.1, 0.15) is 5.75 Å². The van der Waals surface area contributed by atoms with Gasteiger partial charge in [0.25, 0.3) is 5.91 Å². The van der Waals surface area contributed by atoms with Gasteiger partial charge in [0, 0.05) is 25.1 Å². The van der Waals surface area contributed by atoms with Crippen LogP contribution in [-0.4, -0.2) is 37.9 Å². The van der Waals surface area contributed by atoms with Gasteiger partial charge in [0.15, 0.2) is 11.9 Å². The molecule has 1 unspecified atom stereocenters. The number of anilines is 1. The monoisotopic (exact) mass is 290 g/mol. The topological polar surface area (TPSA) is 58.6 Å². The summed E-state index contributed by atoms with van der Waals surface area (Å²) in [6.45, 7) is 5.05. The molecule has 0 fully saturated rings. The largest absolute Gasteiger partial charge is 0.479 e. The minimum atomic E-state index is -0.477. The van der Waals surface area contributed by atoms with E-state index in [0.29, 0.717) is 36.5 Å². The summed E-state index contributed by atoms with van der Waals surface area (Å²) in [5.74, 6) is 0.680. The van der Waals surface area contributed by atoms with Gasteiger partial charge in [0.05, 0.1) is 5.69 Å². The molecule has 2 rings (SSSR count). The van der Waals surface area contributed by atoms with Crippen molar-refractivity contribution in [3.8, 4) is 5.75 Å². The number of Topliss-reactive ketones (excluding diaryl/α,β-unsaturated/α-hetero) is 1. The summed E-state index contributed by atoms with van der Waals surface area (Å²) in [4.78, 5) is 26.1. The molecule has 0 saturated carbocycles. The van der Waals surface area contributed by atoms with E-state index in [9.17, 15) is 9.59 Å². The average Bonchev–Trinajstić information content (AvgIpc) is 2.49. The van der Waals surface area contributed by atoms with Crippen molar-refractivity contribution in [2.45, 2.75) is 32.8 Å². The minimum Gasteiger partial charge on any atom is -0.479 e. The second kappa shape index (κ2) is 6.72. The molecule has 0 aromatic heterocycles. The predicted octanol–water partition coefficient (Wildman–Crippen LogP) is 2.00. The van der Waals surface area contributed by atoms with Gasteiger partial charge in [0.2, 0.25) is 0 Å². The van der Waals surface area contributed by atoms with E-state index in [2.05, 4.69) is 5.32 Å². The lowest BCUT2D eigenvalue weighted by molar-refractivity contribution is -0.125. The maximum Gasteiger partial charge on any atom is 0.267 e. The highest BCUT2D eigenvalue weighted by atomic mass is 16.5. The molecule has 1 aromatic rings. The predicted molar refractivity (Wildman–Crippen MR) is 82.1 cm³/mol. The Morgan fingerprint density at radius 3 is 2.86 bits per heavy atom. The Bertz CT molecular complexity index is 542. The van der Waals surface area contributed by atoms with Gasteiger partial charge in [-0.2, -0.15) is 0 Å². The summed E-state index contributed by atoms with van der Waals surface area (Å²) in [5, 5.41) is 2.96. The van der Waals surface area contributed by atoms with Crippen molar-refractivity contribution >= 4 is 17.4 Å². The van der Waals surface area contributed by atoms with Crippen LogP contribution >= 0.6 is 0 Å².